The van der Waals surface area contributed by atoms with Crippen molar-refractivity contribution < 1.29 is 9.53 Å². The van der Waals surface area contributed by atoms with Gasteiger partial charge >= 0.3 is 0 Å². The minimum absolute atomic E-state index is 0.0951. The van der Waals surface area contributed by atoms with Gasteiger partial charge in [-0.25, -0.2) is 0 Å². The van der Waals surface area contributed by atoms with Gasteiger partial charge in [-0.2, -0.15) is 0 Å². The molecular weight excluding hydrogens is 432 g/mol. The molecule has 0 bridgehead atoms. The molecule has 168 valence electrons. The Morgan fingerprint density at radius 2 is 1.94 bits per heavy atom. The molecule has 3 aliphatic rings. The summed E-state index contributed by atoms with van der Waals surface area (Å²) in [6, 6.07) is 22.4. The van der Waals surface area contributed by atoms with E-state index < -0.39 is 0 Å². The number of rotatable bonds is 5. The molecule has 0 spiro atoms. The molecule has 6 rings (SSSR count). The van der Waals surface area contributed by atoms with Crippen LogP contribution in [0.2, 0.25) is 5.02 Å². The molecule has 0 aromatic heterocycles. The smallest absolute Gasteiger partial charge is 0.239 e. The van der Waals surface area contributed by atoms with Crippen molar-refractivity contribution >= 4 is 28.9 Å². The van der Waals surface area contributed by atoms with Crippen LogP contribution in [0.1, 0.15) is 29.0 Å². The maximum absolute atomic E-state index is 13.7. The van der Waals surface area contributed by atoms with Crippen LogP contribution in [0.4, 0.5) is 11.4 Å². The van der Waals surface area contributed by atoms with E-state index in [1.165, 1.54) is 11.1 Å². The van der Waals surface area contributed by atoms with Gasteiger partial charge in [-0.05, 0) is 72.3 Å². The zero-order chi connectivity index (χ0) is 22.4. The average Bonchev–Trinajstić information content (AvgIpc) is 3.54. The molecule has 5 heteroatoms. The molecule has 1 amide bonds. The predicted octanol–water partition coefficient (Wildman–Crippen LogP) is 5.60. The number of nitrogens with zero attached hydrogens (tertiary/aromatic N) is 2. The average molecular weight is 459 g/mol. The van der Waals surface area contributed by atoms with Gasteiger partial charge in [0.25, 0.3) is 0 Å². The number of anilines is 2. The lowest BCUT2D eigenvalue weighted by Gasteiger charge is -2.21. The summed E-state index contributed by atoms with van der Waals surface area (Å²) in [6.07, 6.45) is 3.09. The monoisotopic (exact) mass is 458 g/mol. The number of fused-ring (bicyclic) bond motifs is 2. The Kier molecular flexibility index (Phi) is 5.35. The molecule has 3 aliphatic heterocycles. The molecule has 1 fully saturated rings. The number of amides is 1. The quantitative estimate of drug-likeness (QED) is 0.498. The zero-order valence-electron chi connectivity index (χ0n) is 18.5. The molecule has 4 nitrogen and oxygen atoms in total. The standard InChI is InChI=1S/C28H27ClN2O2/c29-22-4-3-5-23(17-22)31-25-7-2-1-6-24(25)27(28(31)32)21-11-14-30(18-21)13-10-19-8-9-26-20(16-19)12-15-33-26/h1-9,16-17,21,27H,10-15,18H2/t21-,27?/m1/s1. The van der Waals surface area contributed by atoms with Crippen molar-refractivity contribution in [2.24, 2.45) is 5.92 Å². The number of hydrogen-bond acceptors (Lipinski definition) is 3. The summed E-state index contributed by atoms with van der Waals surface area (Å²) in [5, 5.41) is 0.645. The van der Waals surface area contributed by atoms with Crippen molar-refractivity contribution in [3.05, 3.63) is 88.4 Å². The van der Waals surface area contributed by atoms with Gasteiger partial charge < -0.3 is 9.64 Å². The van der Waals surface area contributed by atoms with E-state index >= 15 is 0 Å². The number of ether oxygens (including phenoxy) is 1. The number of halogens is 1. The minimum Gasteiger partial charge on any atom is -0.493 e. The van der Waals surface area contributed by atoms with Crippen LogP contribution in [0.3, 0.4) is 0 Å². The van der Waals surface area contributed by atoms with Crippen LogP contribution in [0.15, 0.2) is 66.7 Å². The van der Waals surface area contributed by atoms with Crippen molar-refractivity contribution in [1.29, 1.82) is 0 Å². The number of carbonyl (C=O) groups is 1. The summed E-state index contributed by atoms with van der Waals surface area (Å²) in [6.45, 7) is 3.83. The van der Waals surface area contributed by atoms with E-state index in [0.717, 1.165) is 68.2 Å². The molecule has 3 aromatic rings. The van der Waals surface area contributed by atoms with Gasteiger partial charge in [0.15, 0.2) is 0 Å². The number of para-hydroxylation sites is 1. The van der Waals surface area contributed by atoms with Crippen molar-refractivity contribution in [2.45, 2.75) is 25.2 Å². The SMILES string of the molecule is O=C1C([C@@H]2CCN(CCc3ccc4c(c3)CCO4)C2)c2ccccc2N1c1cccc(Cl)c1. The summed E-state index contributed by atoms with van der Waals surface area (Å²) in [5.74, 6) is 1.45. The molecule has 2 atom stereocenters. The van der Waals surface area contributed by atoms with E-state index in [-0.39, 0.29) is 11.8 Å². The first-order valence-corrected chi connectivity index (χ1v) is 12.2. The second-order valence-corrected chi connectivity index (χ2v) is 9.77. The van der Waals surface area contributed by atoms with E-state index in [4.69, 9.17) is 16.3 Å². The first-order chi connectivity index (χ1) is 16.2. The molecule has 0 radical (unpaired) electrons. The fraction of sp³-hybridized carbons (Fsp3) is 0.321. The maximum Gasteiger partial charge on any atom is 0.239 e. The van der Waals surface area contributed by atoms with E-state index in [0.29, 0.717) is 10.9 Å². The first kappa shape index (κ1) is 20.8. The maximum atomic E-state index is 13.7. The highest BCUT2D eigenvalue weighted by Crippen LogP contribution is 2.47. The predicted molar refractivity (Wildman–Crippen MR) is 132 cm³/mol. The molecule has 0 N–H and O–H groups in total. The van der Waals surface area contributed by atoms with Gasteiger partial charge in [-0.1, -0.05) is 48.0 Å². The first-order valence-electron chi connectivity index (χ1n) is 11.8. The Balaban J connectivity index is 1.18. The Morgan fingerprint density at radius 3 is 2.85 bits per heavy atom. The summed E-state index contributed by atoms with van der Waals surface area (Å²) in [4.78, 5) is 18.1. The highest BCUT2D eigenvalue weighted by molar-refractivity contribution is 6.31. The normalized spacial score (nSPS) is 21.8. The highest BCUT2D eigenvalue weighted by Gasteiger charge is 2.44. The molecule has 33 heavy (non-hydrogen) atoms. The largest absolute Gasteiger partial charge is 0.493 e. The third kappa shape index (κ3) is 3.81. The van der Waals surface area contributed by atoms with Crippen LogP contribution >= 0.6 is 11.6 Å². The molecule has 1 unspecified atom stereocenters. The zero-order valence-corrected chi connectivity index (χ0v) is 19.3. The van der Waals surface area contributed by atoms with Crippen LogP contribution in [0.25, 0.3) is 0 Å². The van der Waals surface area contributed by atoms with Crippen LogP contribution in [0.5, 0.6) is 5.75 Å². The number of benzene rings is 3. The molecule has 3 aromatic carbocycles. The fourth-order valence-electron chi connectivity index (χ4n) is 5.70. The summed E-state index contributed by atoms with van der Waals surface area (Å²) in [5.41, 5.74) is 5.69. The second-order valence-electron chi connectivity index (χ2n) is 9.33. The molecule has 0 aliphatic carbocycles. The minimum atomic E-state index is -0.0951. The van der Waals surface area contributed by atoms with E-state index in [9.17, 15) is 4.79 Å². The van der Waals surface area contributed by atoms with Crippen molar-refractivity contribution in [2.75, 3.05) is 31.1 Å². The molecule has 0 saturated carbocycles. The highest BCUT2D eigenvalue weighted by atomic mass is 35.5. The van der Waals surface area contributed by atoms with Crippen molar-refractivity contribution in [1.82, 2.24) is 4.90 Å². The number of carbonyl (C=O) groups excluding carboxylic acids is 1. The topological polar surface area (TPSA) is 32.8 Å². The molecular formula is C28H27ClN2O2. The lowest BCUT2D eigenvalue weighted by molar-refractivity contribution is -0.119. The van der Waals surface area contributed by atoms with Gasteiger partial charge in [0.05, 0.1) is 23.9 Å². The second kappa shape index (κ2) is 8.51. The third-order valence-electron chi connectivity index (χ3n) is 7.32. The van der Waals surface area contributed by atoms with Gasteiger partial charge in [-0.3, -0.25) is 9.69 Å². The van der Waals surface area contributed by atoms with Crippen LogP contribution in [-0.2, 0) is 17.6 Å². The Labute approximate surface area is 199 Å². The summed E-state index contributed by atoms with van der Waals surface area (Å²) in [7, 11) is 0. The molecule has 3 heterocycles. The lowest BCUT2D eigenvalue weighted by Crippen LogP contribution is -2.30. The van der Waals surface area contributed by atoms with Crippen LogP contribution < -0.4 is 9.64 Å². The Morgan fingerprint density at radius 1 is 1.03 bits per heavy atom. The Hall–Kier alpha value is -2.82. The van der Waals surface area contributed by atoms with Gasteiger partial charge in [0, 0.05) is 24.5 Å². The van der Waals surface area contributed by atoms with E-state index in [1.54, 1.807) is 0 Å². The van der Waals surface area contributed by atoms with Gasteiger partial charge in [0.1, 0.15) is 5.75 Å². The number of hydrogen-bond donors (Lipinski definition) is 0. The van der Waals surface area contributed by atoms with Gasteiger partial charge in [-0.15, -0.1) is 0 Å². The summed E-state index contributed by atoms with van der Waals surface area (Å²) < 4.78 is 5.63. The van der Waals surface area contributed by atoms with E-state index in [1.807, 2.05) is 41.3 Å². The lowest BCUT2D eigenvalue weighted by atomic mass is 9.86. The van der Waals surface area contributed by atoms with Crippen LogP contribution in [-0.4, -0.2) is 37.0 Å². The number of likely N-dealkylation sites (tertiary alicyclic amines) is 1. The third-order valence-corrected chi connectivity index (χ3v) is 7.55. The van der Waals surface area contributed by atoms with Gasteiger partial charge in [0.2, 0.25) is 5.91 Å². The fourth-order valence-corrected chi connectivity index (χ4v) is 5.89. The van der Waals surface area contributed by atoms with Crippen molar-refractivity contribution in [3.8, 4) is 5.75 Å². The molecule has 1 saturated heterocycles. The van der Waals surface area contributed by atoms with E-state index in [2.05, 4.69) is 35.2 Å². The van der Waals surface area contributed by atoms with Crippen molar-refractivity contribution in [3.63, 3.8) is 0 Å². The Bertz CT molecular complexity index is 1210. The summed E-state index contributed by atoms with van der Waals surface area (Å²) >= 11 is 6.25. The van der Waals surface area contributed by atoms with Crippen LogP contribution in [0, 0.1) is 5.92 Å².